The highest BCUT2D eigenvalue weighted by atomic mass is 127. The van der Waals surface area contributed by atoms with E-state index in [1.165, 1.54) is 13.0 Å². The minimum Gasteiger partial charge on any atom is -0.322 e. The van der Waals surface area contributed by atoms with Gasteiger partial charge in [0.2, 0.25) is 0 Å². The Labute approximate surface area is 77.2 Å². The smallest absolute Gasteiger partial charge is 0.145 e. The van der Waals surface area contributed by atoms with Crippen molar-refractivity contribution in [3.63, 3.8) is 0 Å². The summed E-state index contributed by atoms with van der Waals surface area (Å²) in [5.41, 5.74) is 4.05. The fourth-order valence-electron chi connectivity index (χ4n) is 0.727. The molecule has 0 heterocycles. The molecule has 2 N–H and O–H groups in total. The molecule has 2 atom stereocenters. The summed E-state index contributed by atoms with van der Waals surface area (Å²) < 4.78 is 13.0. The van der Waals surface area contributed by atoms with Gasteiger partial charge in [-0.15, -0.1) is 24.0 Å². The zero-order chi connectivity index (χ0) is 6.91. The van der Waals surface area contributed by atoms with E-state index in [9.17, 15) is 4.39 Å². The second-order valence-corrected chi connectivity index (χ2v) is 2.42. The molecule has 0 spiro atoms. The van der Waals surface area contributed by atoms with Crippen LogP contribution in [0.1, 0.15) is 6.92 Å². The number of halogens is 2. The van der Waals surface area contributed by atoms with Gasteiger partial charge >= 0.3 is 0 Å². The van der Waals surface area contributed by atoms with Crippen LogP contribution < -0.4 is 5.73 Å². The van der Waals surface area contributed by atoms with Gasteiger partial charge < -0.3 is 5.73 Å². The summed E-state index contributed by atoms with van der Waals surface area (Å²) in [5.74, 6) is 0. The molecule has 3 heteroatoms. The average molecular weight is 255 g/mol. The summed E-state index contributed by atoms with van der Waals surface area (Å²) in [7, 11) is 0. The predicted octanol–water partition coefficient (Wildman–Crippen LogP) is 1.79. The molecule has 0 fully saturated rings. The average Bonchev–Trinajstić information content (AvgIpc) is 1.77. The highest BCUT2D eigenvalue weighted by molar-refractivity contribution is 14.0. The molecule has 0 radical (unpaired) electrons. The van der Waals surface area contributed by atoms with Gasteiger partial charge in [-0.3, -0.25) is 0 Å². The van der Waals surface area contributed by atoms with Crippen LogP contribution in [-0.4, -0.2) is 11.7 Å². The first-order chi connectivity index (χ1) is 4.13. The molecule has 0 bridgehead atoms. The molecule has 0 amide bonds. The Morgan fingerprint density at radius 3 is 2.40 bits per heavy atom. The molecule has 1 aliphatic rings. The van der Waals surface area contributed by atoms with Crippen molar-refractivity contribution in [1.29, 1.82) is 0 Å². The quantitative estimate of drug-likeness (QED) is 0.656. The van der Waals surface area contributed by atoms with Gasteiger partial charge in [-0.1, -0.05) is 18.2 Å². The van der Waals surface area contributed by atoms with Gasteiger partial charge in [0.1, 0.15) is 5.67 Å². The summed E-state index contributed by atoms with van der Waals surface area (Å²) in [5, 5.41) is 0. The number of alkyl halides is 1. The van der Waals surface area contributed by atoms with Crippen molar-refractivity contribution in [2.45, 2.75) is 18.6 Å². The summed E-state index contributed by atoms with van der Waals surface area (Å²) in [6.07, 6.45) is 6.55. The highest BCUT2D eigenvalue weighted by Crippen LogP contribution is 2.19. The van der Waals surface area contributed by atoms with Crippen LogP contribution in [0.15, 0.2) is 24.3 Å². The molecule has 0 aromatic carbocycles. The zero-order valence-electron chi connectivity index (χ0n) is 5.75. The van der Waals surface area contributed by atoms with Crippen LogP contribution in [0.4, 0.5) is 4.39 Å². The van der Waals surface area contributed by atoms with Crippen LogP contribution in [-0.2, 0) is 0 Å². The Bertz CT molecular complexity index is 163. The maximum Gasteiger partial charge on any atom is 0.145 e. The molecule has 1 nitrogen and oxygen atoms in total. The Morgan fingerprint density at radius 2 is 2.10 bits per heavy atom. The normalized spacial score (nSPS) is 37.3. The van der Waals surface area contributed by atoms with Crippen LogP contribution in [0, 0.1) is 0 Å². The molecule has 0 aliphatic heterocycles. The van der Waals surface area contributed by atoms with E-state index in [0.29, 0.717) is 0 Å². The number of hydrogen-bond acceptors (Lipinski definition) is 1. The van der Waals surface area contributed by atoms with Crippen LogP contribution in [0.5, 0.6) is 0 Å². The van der Waals surface area contributed by atoms with Crippen LogP contribution >= 0.6 is 24.0 Å². The predicted molar refractivity (Wildman–Crippen MR) is 51.2 cm³/mol. The van der Waals surface area contributed by atoms with Crippen molar-refractivity contribution in [3.8, 4) is 0 Å². The maximum atomic E-state index is 13.0. The first-order valence-electron chi connectivity index (χ1n) is 2.93. The van der Waals surface area contributed by atoms with E-state index < -0.39 is 11.7 Å². The molecule has 1 aliphatic carbocycles. The Balaban J connectivity index is 0.000000810. The third-order valence-electron chi connectivity index (χ3n) is 1.50. The van der Waals surface area contributed by atoms with E-state index >= 15 is 0 Å². The lowest BCUT2D eigenvalue weighted by Crippen LogP contribution is -2.39. The topological polar surface area (TPSA) is 26.0 Å². The van der Waals surface area contributed by atoms with Gasteiger partial charge in [0.15, 0.2) is 0 Å². The third kappa shape index (κ3) is 2.05. The minimum atomic E-state index is -1.35. The molecule has 0 saturated carbocycles. The standard InChI is InChI=1S/C7H10FN.HI/c1-7(8)5-3-2-4-6(7)9;/h2-6H,9H2,1H3;1H. The van der Waals surface area contributed by atoms with E-state index in [-0.39, 0.29) is 24.0 Å². The Hall–Kier alpha value is 0.1000. The number of rotatable bonds is 0. The molecular formula is C7H11FIN. The molecule has 1 rings (SSSR count). The van der Waals surface area contributed by atoms with Gasteiger partial charge in [0.05, 0.1) is 6.04 Å². The lowest BCUT2D eigenvalue weighted by atomic mass is 9.95. The van der Waals surface area contributed by atoms with Crippen LogP contribution in [0.3, 0.4) is 0 Å². The molecule has 58 valence electrons. The Kier molecular flexibility index (Phi) is 3.51. The van der Waals surface area contributed by atoms with Crippen molar-refractivity contribution in [3.05, 3.63) is 24.3 Å². The van der Waals surface area contributed by atoms with Crippen molar-refractivity contribution in [2.24, 2.45) is 5.73 Å². The van der Waals surface area contributed by atoms with Crippen molar-refractivity contribution in [2.75, 3.05) is 0 Å². The lowest BCUT2D eigenvalue weighted by molar-refractivity contribution is 0.232. The summed E-state index contributed by atoms with van der Waals surface area (Å²) in [4.78, 5) is 0. The SMILES string of the molecule is CC1(F)C=CC=CC1N.I. The molecular weight excluding hydrogens is 244 g/mol. The monoisotopic (exact) mass is 255 g/mol. The van der Waals surface area contributed by atoms with Crippen molar-refractivity contribution >= 4 is 24.0 Å². The number of nitrogens with two attached hydrogens (primary N) is 1. The van der Waals surface area contributed by atoms with E-state index in [2.05, 4.69) is 0 Å². The fourth-order valence-corrected chi connectivity index (χ4v) is 0.727. The molecule has 2 unspecified atom stereocenters. The highest BCUT2D eigenvalue weighted by Gasteiger charge is 2.27. The second-order valence-electron chi connectivity index (χ2n) is 2.42. The largest absolute Gasteiger partial charge is 0.322 e. The van der Waals surface area contributed by atoms with E-state index in [1.807, 2.05) is 0 Å². The Morgan fingerprint density at radius 1 is 1.50 bits per heavy atom. The fraction of sp³-hybridized carbons (Fsp3) is 0.429. The van der Waals surface area contributed by atoms with Gasteiger partial charge in [-0.2, -0.15) is 0 Å². The second kappa shape index (κ2) is 3.48. The van der Waals surface area contributed by atoms with E-state index in [4.69, 9.17) is 5.73 Å². The van der Waals surface area contributed by atoms with E-state index in [0.717, 1.165) is 0 Å². The molecule has 0 saturated heterocycles. The number of hydrogen-bond donors (Lipinski definition) is 1. The van der Waals surface area contributed by atoms with Gasteiger partial charge in [-0.05, 0) is 13.0 Å². The first kappa shape index (κ1) is 10.1. The van der Waals surface area contributed by atoms with Crippen molar-refractivity contribution < 1.29 is 4.39 Å². The van der Waals surface area contributed by atoms with E-state index in [1.54, 1.807) is 18.2 Å². The van der Waals surface area contributed by atoms with Gasteiger partial charge in [0, 0.05) is 0 Å². The molecule has 0 aromatic heterocycles. The van der Waals surface area contributed by atoms with Crippen molar-refractivity contribution in [1.82, 2.24) is 0 Å². The zero-order valence-corrected chi connectivity index (χ0v) is 8.08. The molecule has 0 aromatic rings. The first-order valence-corrected chi connectivity index (χ1v) is 2.93. The third-order valence-corrected chi connectivity index (χ3v) is 1.50. The van der Waals surface area contributed by atoms with Gasteiger partial charge in [-0.25, -0.2) is 4.39 Å². The minimum absolute atomic E-state index is 0. The van der Waals surface area contributed by atoms with Crippen LogP contribution in [0.2, 0.25) is 0 Å². The molecule has 10 heavy (non-hydrogen) atoms. The summed E-state index contributed by atoms with van der Waals surface area (Å²) in [6.45, 7) is 1.47. The summed E-state index contributed by atoms with van der Waals surface area (Å²) in [6, 6.07) is -0.484. The van der Waals surface area contributed by atoms with Crippen LogP contribution in [0.25, 0.3) is 0 Å². The van der Waals surface area contributed by atoms with Gasteiger partial charge in [0.25, 0.3) is 0 Å². The number of allylic oxidation sites excluding steroid dienone is 2. The maximum absolute atomic E-state index is 13.0. The lowest BCUT2D eigenvalue weighted by Gasteiger charge is -2.23. The summed E-state index contributed by atoms with van der Waals surface area (Å²) >= 11 is 0.